The van der Waals surface area contributed by atoms with Crippen LogP contribution in [0, 0.1) is 0 Å². The molecule has 1 aromatic heterocycles. The lowest BCUT2D eigenvalue weighted by atomic mass is 10.2. The first-order chi connectivity index (χ1) is 8.17. The van der Waals surface area contributed by atoms with Crippen molar-refractivity contribution in [3.8, 4) is 0 Å². The molecule has 0 atom stereocenters. The van der Waals surface area contributed by atoms with Crippen LogP contribution in [-0.2, 0) is 4.74 Å². The first-order valence-electron chi connectivity index (χ1n) is 5.92. The molecular weight excluding hydrogens is 234 g/mol. The van der Waals surface area contributed by atoms with Crippen LogP contribution >= 0.6 is 11.8 Å². The summed E-state index contributed by atoms with van der Waals surface area (Å²) < 4.78 is 5.04. The molecule has 0 aliphatic heterocycles. The molecule has 1 N–H and O–H groups in total. The monoisotopic (exact) mass is 255 g/mol. The summed E-state index contributed by atoms with van der Waals surface area (Å²) in [6.45, 7) is 7.89. The Kier molecular flexibility index (Phi) is 6.29. The Morgan fingerprint density at radius 3 is 2.76 bits per heavy atom. The van der Waals surface area contributed by atoms with Gasteiger partial charge in [-0.15, -0.1) is 11.8 Å². The highest BCUT2D eigenvalue weighted by atomic mass is 32.2. The number of anilines is 1. The van der Waals surface area contributed by atoms with Gasteiger partial charge in [-0.1, -0.05) is 13.8 Å². The van der Waals surface area contributed by atoms with Crippen LogP contribution < -0.4 is 5.32 Å². The highest BCUT2D eigenvalue weighted by Crippen LogP contribution is 2.21. The molecule has 0 aliphatic carbocycles. The van der Waals surface area contributed by atoms with Crippen molar-refractivity contribution >= 4 is 17.6 Å². The van der Waals surface area contributed by atoms with E-state index in [-0.39, 0.29) is 0 Å². The van der Waals surface area contributed by atoms with Gasteiger partial charge < -0.3 is 10.1 Å². The SMILES string of the molecule is CCNc1cc(SCCOC)nc(C(C)C)n1. The van der Waals surface area contributed by atoms with E-state index in [1.807, 2.05) is 6.07 Å². The number of methoxy groups -OCH3 is 1. The average molecular weight is 255 g/mol. The largest absolute Gasteiger partial charge is 0.384 e. The second-order valence-corrected chi connectivity index (χ2v) is 5.09. The Morgan fingerprint density at radius 1 is 1.41 bits per heavy atom. The fourth-order valence-electron chi connectivity index (χ4n) is 1.28. The van der Waals surface area contributed by atoms with E-state index >= 15 is 0 Å². The summed E-state index contributed by atoms with van der Waals surface area (Å²) in [5.41, 5.74) is 0. The maximum atomic E-state index is 5.04. The van der Waals surface area contributed by atoms with Gasteiger partial charge in [0.15, 0.2) is 0 Å². The molecule has 0 bridgehead atoms. The van der Waals surface area contributed by atoms with Crippen molar-refractivity contribution in [2.24, 2.45) is 0 Å². The van der Waals surface area contributed by atoms with Gasteiger partial charge in [-0.05, 0) is 6.92 Å². The first kappa shape index (κ1) is 14.3. The van der Waals surface area contributed by atoms with Crippen molar-refractivity contribution in [3.63, 3.8) is 0 Å². The van der Waals surface area contributed by atoms with Gasteiger partial charge in [0.05, 0.1) is 6.61 Å². The van der Waals surface area contributed by atoms with Crippen LogP contribution in [0.3, 0.4) is 0 Å². The van der Waals surface area contributed by atoms with E-state index in [1.165, 1.54) is 0 Å². The minimum absolute atomic E-state index is 0.343. The molecule has 5 heteroatoms. The van der Waals surface area contributed by atoms with Crippen molar-refractivity contribution in [1.29, 1.82) is 0 Å². The molecule has 0 saturated carbocycles. The normalized spacial score (nSPS) is 10.9. The summed E-state index contributed by atoms with van der Waals surface area (Å²) in [7, 11) is 1.71. The van der Waals surface area contributed by atoms with Gasteiger partial charge in [0.2, 0.25) is 0 Å². The third kappa shape index (κ3) is 4.91. The molecule has 4 nitrogen and oxygen atoms in total. The van der Waals surface area contributed by atoms with E-state index in [0.29, 0.717) is 5.92 Å². The molecule has 0 unspecified atom stereocenters. The number of thioether (sulfide) groups is 1. The fraction of sp³-hybridized carbons (Fsp3) is 0.667. The second-order valence-electron chi connectivity index (χ2n) is 3.98. The molecule has 0 fully saturated rings. The van der Waals surface area contributed by atoms with Gasteiger partial charge in [-0.3, -0.25) is 0 Å². The number of hydrogen-bond acceptors (Lipinski definition) is 5. The van der Waals surface area contributed by atoms with E-state index in [4.69, 9.17) is 4.74 Å². The van der Waals surface area contributed by atoms with Crippen molar-refractivity contribution in [3.05, 3.63) is 11.9 Å². The molecular formula is C12H21N3OS. The van der Waals surface area contributed by atoms with Gasteiger partial charge in [0.25, 0.3) is 0 Å². The van der Waals surface area contributed by atoms with E-state index in [2.05, 4.69) is 36.1 Å². The maximum absolute atomic E-state index is 5.04. The van der Waals surface area contributed by atoms with Crippen LogP contribution in [0.25, 0.3) is 0 Å². The molecule has 0 spiro atoms. The minimum Gasteiger partial charge on any atom is -0.384 e. The predicted molar refractivity (Wildman–Crippen MR) is 72.9 cm³/mol. The molecule has 96 valence electrons. The number of aromatic nitrogens is 2. The third-order valence-electron chi connectivity index (χ3n) is 2.13. The number of nitrogens with zero attached hydrogens (tertiary/aromatic N) is 2. The summed E-state index contributed by atoms with van der Waals surface area (Å²) in [4.78, 5) is 9.03. The quantitative estimate of drug-likeness (QED) is 0.461. The third-order valence-corrected chi connectivity index (χ3v) is 3.01. The summed E-state index contributed by atoms with van der Waals surface area (Å²) in [5.74, 6) is 3.06. The lowest BCUT2D eigenvalue weighted by Crippen LogP contribution is -2.06. The summed E-state index contributed by atoms with van der Waals surface area (Å²) in [5, 5.41) is 4.25. The molecule has 1 heterocycles. The summed E-state index contributed by atoms with van der Waals surface area (Å²) in [6, 6.07) is 2.00. The van der Waals surface area contributed by atoms with Gasteiger partial charge >= 0.3 is 0 Å². The lowest BCUT2D eigenvalue weighted by Gasteiger charge is -2.10. The molecule has 17 heavy (non-hydrogen) atoms. The van der Waals surface area contributed by atoms with Crippen LogP contribution in [0.15, 0.2) is 11.1 Å². The molecule has 0 radical (unpaired) electrons. The topological polar surface area (TPSA) is 47.0 Å². The zero-order valence-corrected chi connectivity index (χ0v) is 11.8. The zero-order valence-electron chi connectivity index (χ0n) is 11.0. The Morgan fingerprint density at radius 2 is 2.18 bits per heavy atom. The minimum atomic E-state index is 0.343. The summed E-state index contributed by atoms with van der Waals surface area (Å²) >= 11 is 1.70. The number of hydrogen-bond donors (Lipinski definition) is 1. The number of ether oxygens (including phenoxy) is 1. The van der Waals surface area contributed by atoms with Gasteiger partial charge in [-0.2, -0.15) is 0 Å². The van der Waals surface area contributed by atoms with Crippen LogP contribution in [0.1, 0.15) is 32.5 Å². The Labute approximate surface area is 108 Å². The van der Waals surface area contributed by atoms with Crippen LogP contribution in [0.4, 0.5) is 5.82 Å². The molecule has 0 saturated heterocycles. The lowest BCUT2D eigenvalue weighted by molar-refractivity contribution is 0.218. The van der Waals surface area contributed by atoms with Crippen molar-refractivity contribution in [2.75, 3.05) is 31.3 Å². The van der Waals surface area contributed by atoms with Crippen molar-refractivity contribution < 1.29 is 4.74 Å². The highest BCUT2D eigenvalue weighted by Gasteiger charge is 2.08. The Hall–Kier alpha value is -0.810. The molecule has 0 aliphatic rings. The zero-order chi connectivity index (χ0) is 12.7. The van der Waals surface area contributed by atoms with Crippen LogP contribution in [-0.4, -0.2) is 36.0 Å². The molecule has 0 aromatic carbocycles. The smallest absolute Gasteiger partial charge is 0.134 e. The highest BCUT2D eigenvalue weighted by molar-refractivity contribution is 7.99. The Bertz CT molecular complexity index is 345. The number of nitrogens with one attached hydrogen (secondary N) is 1. The van der Waals surface area contributed by atoms with Gasteiger partial charge in [0.1, 0.15) is 16.7 Å². The maximum Gasteiger partial charge on any atom is 0.134 e. The van der Waals surface area contributed by atoms with Crippen LogP contribution in [0.2, 0.25) is 0 Å². The van der Waals surface area contributed by atoms with E-state index in [0.717, 1.165) is 35.6 Å². The first-order valence-corrected chi connectivity index (χ1v) is 6.90. The predicted octanol–water partition coefficient (Wildman–Crippen LogP) is 2.77. The van der Waals surface area contributed by atoms with E-state index < -0.39 is 0 Å². The molecule has 1 aromatic rings. The van der Waals surface area contributed by atoms with E-state index in [1.54, 1.807) is 18.9 Å². The van der Waals surface area contributed by atoms with Gasteiger partial charge in [-0.25, -0.2) is 9.97 Å². The van der Waals surface area contributed by atoms with E-state index in [9.17, 15) is 0 Å². The standard InChI is InChI=1S/C12H21N3OS/c1-5-13-10-8-11(17-7-6-16-4)15-12(14-10)9(2)3/h8-9H,5-7H2,1-4H3,(H,13,14,15). The fourth-order valence-corrected chi connectivity index (χ4v) is 2.09. The van der Waals surface area contributed by atoms with Crippen molar-refractivity contribution in [1.82, 2.24) is 9.97 Å². The Balaban J connectivity index is 2.79. The average Bonchev–Trinajstić information content (AvgIpc) is 2.29. The summed E-state index contributed by atoms with van der Waals surface area (Å²) in [6.07, 6.45) is 0. The molecule has 1 rings (SSSR count). The number of rotatable bonds is 7. The molecule has 0 amide bonds. The van der Waals surface area contributed by atoms with Gasteiger partial charge in [0, 0.05) is 31.4 Å². The second kappa shape index (κ2) is 7.50. The van der Waals surface area contributed by atoms with Crippen LogP contribution in [0.5, 0.6) is 0 Å². The van der Waals surface area contributed by atoms with Crippen molar-refractivity contribution in [2.45, 2.75) is 31.7 Å².